The molecule has 0 saturated carbocycles. The fraction of sp³-hybridized carbons (Fsp3) is 0.780. The Labute approximate surface area is 338 Å². The van der Waals surface area contributed by atoms with Gasteiger partial charge in [-0.15, -0.1) is 0 Å². The van der Waals surface area contributed by atoms with Crippen molar-refractivity contribution in [2.45, 2.75) is 181 Å². The van der Waals surface area contributed by atoms with Gasteiger partial charge in [0.15, 0.2) is 0 Å². The van der Waals surface area contributed by atoms with Crippen molar-refractivity contribution in [3.8, 4) is 0 Å². The molecule has 0 amide bonds. The molecule has 0 aliphatic heterocycles. The first kappa shape index (κ1) is 54.0. The minimum atomic E-state index is -0.282. The number of unbranched alkanes of at least 4 members (excludes halogenated alkanes) is 22. The number of aryl methyl sites for hydroxylation is 2. The van der Waals surface area contributed by atoms with Crippen molar-refractivity contribution in [1.82, 2.24) is 18.3 Å². The molecule has 0 saturated heterocycles. The normalized spacial score (nSPS) is 10.4. The molecule has 2 aromatic heterocycles. The number of hydrogen-bond donors (Lipinski definition) is 0. The summed E-state index contributed by atoms with van der Waals surface area (Å²) >= 11 is 0. The Morgan fingerprint density at radius 2 is 0.784 bits per heavy atom. The number of rotatable bonds is 24. The van der Waals surface area contributed by atoms with Crippen molar-refractivity contribution in [2.24, 2.45) is 28.2 Å². The van der Waals surface area contributed by atoms with Gasteiger partial charge in [0, 0.05) is 51.7 Å². The summed E-state index contributed by atoms with van der Waals surface area (Å²) in [5.41, 5.74) is 0.567. The van der Waals surface area contributed by atoms with Gasteiger partial charge in [-0.05, 0) is 19.8 Å². The summed E-state index contributed by atoms with van der Waals surface area (Å²) in [7, 11) is 6.37. The molecule has 0 aliphatic carbocycles. The summed E-state index contributed by atoms with van der Waals surface area (Å²) in [6, 6.07) is 3.03. The van der Waals surface area contributed by atoms with Gasteiger partial charge in [0.1, 0.15) is 0 Å². The van der Waals surface area contributed by atoms with Crippen LogP contribution in [0.5, 0.6) is 0 Å². The largest absolute Gasteiger partial charge is 2.00 e. The monoisotopic (exact) mass is 790 g/mol. The molecule has 0 N–H and O–H groups in total. The van der Waals surface area contributed by atoms with Gasteiger partial charge in [0.2, 0.25) is 0 Å². The quantitative estimate of drug-likeness (QED) is 0.0758. The summed E-state index contributed by atoms with van der Waals surface area (Å²) in [5, 5.41) is 0. The Hall–Kier alpha value is -1.39. The second-order valence-corrected chi connectivity index (χ2v) is 13.9. The zero-order valence-corrected chi connectivity index (χ0v) is 37.0. The van der Waals surface area contributed by atoms with Gasteiger partial charge < -0.3 is 33.0 Å². The molecule has 51 heavy (non-hydrogen) atoms. The second kappa shape index (κ2) is 35.6. The summed E-state index contributed by atoms with van der Waals surface area (Å²) in [6.45, 7) is 10.1. The van der Waals surface area contributed by atoms with E-state index >= 15 is 0 Å². The maximum atomic E-state index is 11.9. The number of halogens is 1. The van der Waals surface area contributed by atoms with E-state index < -0.39 is 0 Å². The minimum Gasteiger partial charge on any atom is -1.00 e. The minimum absolute atomic E-state index is 0. The zero-order chi connectivity index (χ0) is 36.9. The summed E-state index contributed by atoms with van der Waals surface area (Å²) in [5.74, 6) is 0. The smallest absolute Gasteiger partial charge is 1.00 e. The van der Waals surface area contributed by atoms with E-state index in [2.05, 4.69) is 20.8 Å². The number of aromatic nitrogens is 4. The predicted octanol–water partition coefficient (Wildman–Crippen LogP) is 5.86. The topological polar surface area (TPSA) is 88.0 Å². The average Bonchev–Trinajstić information content (AvgIpc) is 3.09. The van der Waals surface area contributed by atoms with Crippen LogP contribution in [0.3, 0.4) is 0 Å². The molecule has 0 bridgehead atoms. The molecule has 2 aromatic rings. The van der Waals surface area contributed by atoms with Crippen molar-refractivity contribution in [3.05, 3.63) is 72.1 Å². The number of nitrogens with zero attached hydrogens (tertiary/aromatic N) is 4. The molecule has 2 rings (SSSR count). The van der Waals surface area contributed by atoms with E-state index in [-0.39, 0.29) is 62.5 Å². The molecular weight excluding hydrogens is 717 g/mol. The van der Waals surface area contributed by atoms with Crippen LogP contribution in [0.2, 0.25) is 0 Å². The van der Waals surface area contributed by atoms with E-state index in [4.69, 9.17) is 0 Å². The SMILES string of the molecule is CCCCCCCCCCCCCCc1cc(=O)n(C)c(=O)n1C.Cc1cc(=O)n(C)c(=O)n1C.[Br-].[CH2-]CCCCCCCCCCCCC.[Mg+2]. The van der Waals surface area contributed by atoms with Crippen molar-refractivity contribution < 1.29 is 17.0 Å². The molecule has 0 aliphatic rings. The van der Waals surface area contributed by atoms with Crippen LogP contribution in [-0.2, 0) is 34.6 Å². The Kier molecular flexibility index (Phi) is 37.7. The molecule has 8 nitrogen and oxygen atoms in total. The fourth-order valence-electron chi connectivity index (χ4n) is 5.85. The van der Waals surface area contributed by atoms with Crippen LogP contribution in [-0.4, -0.2) is 41.3 Å². The second-order valence-electron chi connectivity index (χ2n) is 13.9. The first-order valence-corrected chi connectivity index (χ1v) is 19.8. The number of hydrogen-bond acceptors (Lipinski definition) is 4. The summed E-state index contributed by atoms with van der Waals surface area (Å²) < 4.78 is 5.26. The Morgan fingerprint density at radius 3 is 1.16 bits per heavy atom. The van der Waals surface area contributed by atoms with Crippen LogP contribution in [0.1, 0.15) is 179 Å². The molecule has 0 fully saturated rings. The van der Waals surface area contributed by atoms with Crippen LogP contribution in [0, 0.1) is 13.8 Å². The molecule has 0 spiro atoms. The van der Waals surface area contributed by atoms with E-state index in [1.807, 2.05) is 0 Å². The Balaban J connectivity index is -0.000000727. The third-order valence-electron chi connectivity index (χ3n) is 9.53. The van der Waals surface area contributed by atoms with Crippen molar-refractivity contribution in [1.29, 1.82) is 0 Å². The van der Waals surface area contributed by atoms with Gasteiger partial charge >= 0.3 is 34.4 Å². The zero-order valence-electron chi connectivity index (χ0n) is 34.0. The van der Waals surface area contributed by atoms with Gasteiger partial charge in [-0.3, -0.25) is 18.7 Å². The van der Waals surface area contributed by atoms with Crippen LogP contribution >= 0.6 is 0 Å². The molecular formula is C41H75BrMgN4O4. The van der Waals surface area contributed by atoms with Gasteiger partial charge in [0.25, 0.3) is 11.1 Å². The first-order chi connectivity index (χ1) is 23.5. The van der Waals surface area contributed by atoms with Crippen LogP contribution < -0.4 is 39.5 Å². The Morgan fingerprint density at radius 1 is 0.471 bits per heavy atom. The van der Waals surface area contributed by atoms with Gasteiger partial charge in [0.05, 0.1) is 0 Å². The maximum absolute atomic E-state index is 11.9. The fourth-order valence-corrected chi connectivity index (χ4v) is 5.85. The average molecular weight is 792 g/mol. The van der Waals surface area contributed by atoms with E-state index in [1.54, 1.807) is 31.7 Å². The van der Waals surface area contributed by atoms with Crippen LogP contribution in [0.25, 0.3) is 0 Å². The Bertz CT molecular complexity index is 1340. The molecule has 0 unspecified atom stereocenters. The summed E-state index contributed by atoms with van der Waals surface area (Å²) in [4.78, 5) is 45.6. The van der Waals surface area contributed by atoms with E-state index in [1.165, 1.54) is 166 Å². The van der Waals surface area contributed by atoms with Crippen molar-refractivity contribution >= 4 is 23.1 Å². The molecule has 10 heteroatoms. The summed E-state index contributed by atoms with van der Waals surface area (Å²) in [6.07, 6.45) is 33.5. The van der Waals surface area contributed by atoms with Crippen LogP contribution in [0.4, 0.5) is 0 Å². The molecule has 0 radical (unpaired) electrons. The van der Waals surface area contributed by atoms with Crippen molar-refractivity contribution in [2.75, 3.05) is 0 Å². The molecule has 2 heterocycles. The van der Waals surface area contributed by atoms with Crippen LogP contribution in [0.15, 0.2) is 31.3 Å². The van der Waals surface area contributed by atoms with Gasteiger partial charge in [-0.2, -0.15) is 6.42 Å². The first-order valence-electron chi connectivity index (χ1n) is 19.8. The van der Waals surface area contributed by atoms with E-state index in [0.717, 1.165) is 34.1 Å². The third-order valence-corrected chi connectivity index (χ3v) is 9.53. The molecule has 292 valence electrons. The standard InChI is InChI=1S/C20H36N2O2.C14H29.C7H10N2O2.BrH.Mg/c1-4-5-6-7-8-9-10-11-12-13-14-15-16-18-17-19(23)22(3)20(24)21(18)2;1-3-5-7-9-11-13-14-12-10-8-6-4-2;1-5-4-6(10)9(3)7(11)8(5)2;;/h17H,4-16H2,1-3H3;1,3-14H2,2H3;4H,1-3H3;1H;/q;-1;;;+2/p-1. The maximum Gasteiger partial charge on any atom is 2.00 e. The van der Waals surface area contributed by atoms with Crippen molar-refractivity contribution in [3.63, 3.8) is 0 Å². The van der Waals surface area contributed by atoms with E-state index in [0.29, 0.717) is 5.69 Å². The third kappa shape index (κ3) is 26.1. The molecule has 0 aromatic carbocycles. The van der Waals surface area contributed by atoms with Gasteiger partial charge in [-0.25, -0.2) is 9.59 Å². The predicted molar refractivity (Wildman–Crippen MR) is 216 cm³/mol. The van der Waals surface area contributed by atoms with E-state index in [9.17, 15) is 19.2 Å². The molecule has 0 atom stereocenters. The van der Waals surface area contributed by atoms with Gasteiger partial charge in [-0.1, -0.05) is 155 Å².